The average molecular weight is 347 g/mol. The molecule has 25 heavy (non-hydrogen) atoms. The summed E-state index contributed by atoms with van der Waals surface area (Å²) in [7, 11) is 4.45. The van der Waals surface area contributed by atoms with Crippen LogP contribution in [0.3, 0.4) is 0 Å². The lowest BCUT2D eigenvalue weighted by atomic mass is 10.3. The van der Waals surface area contributed by atoms with E-state index in [9.17, 15) is 9.59 Å². The number of esters is 1. The van der Waals surface area contributed by atoms with Crippen LogP contribution < -0.4 is 16.4 Å². The van der Waals surface area contributed by atoms with E-state index in [0.29, 0.717) is 0 Å². The SMILES string of the molecule is CNc1nc(NC(C)=O)nc(N)c1N=Nc1c(C(=O)OC)cnn1C. The largest absolute Gasteiger partial charge is 0.465 e. The van der Waals surface area contributed by atoms with E-state index in [4.69, 9.17) is 5.73 Å². The van der Waals surface area contributed by atoms with Gasteiger partial charge in [0.2, 0.25) is 11.9 Å². The van der Waals surface area contributed by atoms with Crippen LogP contribution in [0.2, 0.25) is 0 Å². The monoisotopic (exact) mass is 347 g/mol. The van der Waals surface area contributed by atoms with E-state index in [0.717, 1.165) is 0 Å². The maximum Gasteiger partial charge on any atom is 0.343 e. The number of carbonyl (C=O) groups excluding carboxylic acids is 2. The summed E-state index contributed by atoms with van der Waals surface area (Å²) in [4.78, 5) is 30.9. The van der Waals surface area contributed by atoms with Gasteiger partial charge >= 0.3 is 5.97 Å². The minimum Gasteiger partial charge on any atom is -0.465 e. The lowest BCUT2D eigenvalue weighted by molar-refractivity contribution is -0.114. The lowest BCUT2D eigenvalue weighted by Gasteiger charge is -2.08. The number of carbonyl (C=O) groups is 2. The molecule has 1 amide bonds. The van der Waals surface area contributed by atoms with E-state index >= 15 is 0 Å². The third-order valence-corrected chi connectivity index (χ3v) is 2.99. The Labute approximate surface area is 142 Å². The predicted octanol–water partition coefficient (Wildman–Crippen LogP) is 0.994. The van der Waals surface area contributed by atoms with Crippen molar-refractivity contribution in [3.05, 3.63) is 11.8 Å². The highest BCUT2D eigenvalue weighted by Gasteiger charge is 2.18. The van der Waals surface area contributed by atoms with Crippen LogP contribution in [0.25, 0.3) is 0 Å². The van der Waals surface area contributed by atoms with Crippen LogP contribution in [0.4, 0.5) is 29.1 Å². The van der Waals surface area contributed by atoms with Crippen molar-refractivity contribution in [2.75, 3.05) is 30.5 Å². The van der Waals surface area contributed by atoms with Gasteiger partial charge < -0.3 is 15.8 Å². The van der Waals surface area contributed by atoms with Gasteiger partial charge in [-0.3, -0.25) is 10.1 Å². The molecule has 2 aromatic heterocycles. The van der Waals surface area contributed by atoms with Crippen LogP contribution in [0.5, 0.6) is 0 Å². The average Bonchev–Trinajstić information content (AvgIpc) is 2.93. The number of aryl methyl sites for hydroxylation is 1. The first-order valence-electron chi connectivity index (χ1n) is 7.02. The van der Waals surface area contributed by atoms with Crippen molar-refractivity contribution < 1.29 is 14.3 Å². The fourth-order valence-electron chi connectivity index (χ4n) is 1.86. The number of amides is 1. The highest BCUT2D eigenvalue weighted by atomic mass is 16.5. The zero-order chi connectivity index (χ0) is 18.6. The van der Waals surface area contributed by atoms with Gasteiger partial charge in [-0.1, -0.05) is 0 Å². The molecule has 0 spiro atoms. The van der Waals surface area contributed by atoms with E-state index in [-0.39, 0.29) is 40.6 Å². The first-order valence-corrected chi connectivity index (χ1v) is 7.02. The number of nitrogens with one attached hydrogen (secondary N) is 2. The zero-order valence-corrected chi connectivity index (χ0v) is 14.1. The van der Waals surface area contributed by atoms with Gasteiger partial charge in [0.05, 0.1) is 13.3 Å². The Morgan fingerprint density at radius 1 is 1.32 bits per heavy atom. The van der Waals surface area contributed by atoms with Crippen molar-refractivity contribution in [1.82, 2.24) is 19.7 Å². The Bertz CT molecular complexity index is 844. The highest BCUT2D eigenvalue weighted by Crippen LogP contribution is 2.32. The van der Waals surface area contributed by atoms with Gasteiger partial charge in [-0.25, -0.2) is 9.48 Å². The first-order chi connectivity index (χ1) is 11.9. The highest BCUT2D eigenvalue weighted by molar-refractivity contribution is 5.93. The summed E-state index contributed by atoms with van der Waals surface area (Å²) in [5, 5.41) is 17.2. The second-order valence-corrected chi connectivity index (χ2v) is 4.76. The summed E-state index contributed by atoms with van der Waals surface area (Å²) in [5.74, 6) is -0.478. The van der Waals surface area contributed by atoms with Gasteiger partial charge in [0.1, 0.15) is 5.56 Å². The predicted molar refractivity (Wildman–Crippen MR) is 89.0 cm³/mol. The van der Waals surface area contributed by atoms with E-state index < -0.39 is 5.97 Å². The summed E-state index contributed by atoms with van der Waals surface area (Å²) in [6, 6.07) is 0. The quantitative estimate of drug-likeness (QED) is 0.532. The van der Waals surface area contributed by atoms with E-state index in [1.54, 1.807) is 14.1 Å². The van der Waals surface area contributed by atoms with Crippen molar-refractivity contribution in [2.45, 2.75) is 6.92 Å². The van der Waals surface area contributed by atoms with Crippen molar-refractivity contribution >= 4 is 41.0 Å². The molecule has 4 N–H and O–H groups in total. The molecule has 0 unspecified atom stereocenters. The number of rotatable bonds is 5. The molecule has 0 aromatic carbocycles. The minimum absolute atomic E-state index is 0.00589. The molecule has 0 saturated carbocycles. The topological polar surface area (TPSA) is 162 Å². The number of aromatic nitrogens is 4. The molecule has 2 rings (SSSR count). The number of hydrogen-bond acceptors (Lipinski definition) is 10. The molecule has 2 aromatic rings. The van der Waals surface area contributed by atoms with Crippen LogP contribution in [0, 0.1) is 0 Å². The molecule has 0 bridgehead atoms. The normalized spacial score (nSPS) is 10.7. The molecule has 0 aliphatic heterocycles. The number of nitrogens with two attached hydrogens (primary N) is 1. The molecule has 0 aliphatic carbocycles. The summed E-state index contributed by atoms with van der Waals surface area (Å²) in [6.45, 7) is 1.32. The standard InChI is InChI=1S/C13H17N9O3/c1-6(23)17-13-18-9(14)8(10(15-2)19-13)20-21-11-7(12(24)25-4)5-16-22(11)3/h5H,1-4H3,(H4,14,15,17,18,19,23). The summed E-state index contributed by atoms with van der Waals surface area (Å²) >= 11 is 0. The van der Waals surface area contributed by atoms with Gasteiger partial charge in [-0.2, -0.15) is 15.1 Å². The third kappa shape index (κ3) is 3.85. The minimum atomic E-state index is -0.596. The molecular weight excluding hydrogens is 330 g/mol. The van der Waals surface area contributed by atoms with E-state index in [1.165, 1.54) is 24.9 Å². The fraction of sp³-hybridized carbons (Fsp3) is 0.308. The molecule has 0 saturated heterocycles. The number of anilines is 3. The molecule has 0 aliphatic rings. The second kappa shape index (κ2) is 7.33. The number of methoxy groups -OCH3 is 1. The molecule has 0 radical (unpaired) electrons. The Balaban J connectivity index is 2.44. The van der Waals surface area contributed by atoms with Crippen molar-refractivity contribution in [1.29, 1.82) is 0 Å². The van der Waals surface area contributed by atoms with Gasteiger partial charge in [0.25, 0.3) is 0 Å². The lowest BCUT2D eigenvalue weighted by Crippen LogP contribution is -2.11. The summed E-state index contributed by atoms with van der Waals surface area (Å²) < 4.78 is 6.03. The van der Waals surface area contributed by atoms with Crippen LogP contribution in [-0.4, -0.2) is 45.8 Å². The Morgan fingerprint density at radius 2 is 2.04 bits per heavy atom. The number of hydrogen-bond donors (Lipinski definition) is 3. The number of nitrogen functional groups attached to an aromatic ring is 1. The third-order valence-electron chi connectivity index (χ3n) is 2.99. The number of nitrogens with zero attached hydrogens (tertiary/aromatic N) is 6. The van der Waals surface area contributed by atoms with Gasteiger partial charge in [0.15, 0.2) is 23.1 Å². The number of ether oxygens (including phenoxy) is 1. The second-order valence-electron chi connectivity index (χ2n) is 4.76. The van der Waals surface area contributed by atoms with Crippen LogP contribution >= 0.6 is 0 Å². The molecule has 2 heterocycles. The smallest absolute Gasteiger partial charge is 0.343 e. The fourth-order valence-corrected chi connectivity index (χ4v) is 1.86. The Morgan fingerprint density at radius 3 is 2.64 bits per heavy atom. The van der Waals surface area contributed by atoms with Crippen molar-refractivity contribution in [3.63, 3.8) is 0 Å². The van der Waals surface area contributed by atoms with Crippen molar-refractivity contribution in [3.8, 4) is 0 Å². The van der Waals surface area contributed by atoms with Gasteiger partial charge in [-0.15, -0.1) is 10.2 Å². The van der Waals surface area contributed by atoms with E-state index in [2.05, 4.69) is 40.7 Å². The molecule has 0 atom stereocenters. The van der Waals surface area contributed by atoms with Gasteiger partial charge in [0, 0.05) is 21.0 Å². The Hall–Kier alpha value is -3.57. The van der Waals surface area contributed by atoms with Crippen LogP contribution in [0.15, 0.2) is 16.4 Å². The molecule has 132 valence electrons. The summed E-state index contributed by atoms with van der Waals surface area (Å²) in [5.41, 5.74) is 6.16. The molecular formula is C13H17N9O3. The Kier molecular flexibility index (Phi) is 5.22. The number of azo groups is 1. The van der Waals surface area contributed by atoms with Gasteiger partial charge in [-0.05, 0) is 0 Å². The molecule has 12 nitrogen and oxygen atoms in total. The summed E-state index contributed by atoms with van der Waals surface area (Å²) in [6.07, 6.45) is 1.32. The first kappa shape index (κ1) is 17.8. The molecule has 0 fully saturated rings. The van der Waals surface area contributed by atoms with E-state index in [1.807, 2.05) is 0 Å². The molecule has 12 heteroatoms. The maximum absolute atomic E-state index is 11.7. The van der Waals surface area contributed by atoms with Crippen LogP contribution in [-0.2, 0) is 16.6 Å². The zero-order valence-electron chi connectivity index (χ0n) is 14.1. The maximum atomic E-state index is 11.7. The van der Waals surface area contributed by atoms with Crippen molar-refractivity contribution in [2.24, 2.45) is 17.3 Å². The van der Waals surface area contributed by atoms with Crippen LogP contribution in [0.1, 0.15) is 17.3 Å².